The predicted octanol–water partition coefficient (Wildman–Crippen LogP) is 14.4. The summed E-state index contributed by atoms with van der Waals surface area (Å²) < 4.78 is 2.28. The third-order valence-electron chi connectivity index (χ3n) is 11.2. The second-order valence-electron chi connectivity index (χ2n) is 16.4. The van der Waals surface area contributed by atoms with Gasteiger partial charge in [-0.1, -0.05) is 146 Å². The number of pyridine rings is 1. The third-order valence-corrected chi connectivity index (χ3v) is 11.2. The van der Waals surface area contributed by atoms with Gasteiger partial charge in [0.1, 0.15) is 11.6 Å². The summed E-state index contributed by atoms with van der Waals surface area (Å²) in [4.78, 5) is 10.4. The van der Waals surface area contributed by atoms with Crippen molar-refractivity contribution in [2.45, 2.75) is 79.1 Å². The van der Waals surface area contributed by atoms with Crippen LogP contribution >= 0.6 is 0 Å². The molecule has 4 nitrogen and oxygen atoms in total. The Kier molecular flexibility index (Phi) is 9.84. The highest BCUT2D eigenvalue weighted by atomic mass is 16.3. The van der Waals surface area contributed by atoms with E-state index in [1.54, 1.807) is 6.07 Å². The molecule has 2 aromatic heterocycles. The largest absolute Gasteiger partial charge is 0.507 e. The van der Waals surface area contributed by atoms with Crippen LogP contribution in [-0.4, -0.2) is 19.6 Å². The van der Waals surface area contributed by atoms with Gasteiger partial charge in [0, 0.05) is 22.7 Å². The molecule has 0 radical (unpaired) electrons. The van der Waals surface area contributed by atoms with Crippen LogP contribution in [0.4, 0.5) is 0 Å². The van der Waals surface area contributed by atoms with Gasteiger partial charge in [-0.3, -0.25) is 9.55 Å². The van der Waals surface area contributed by atoms with Gasteiger partial charge in [0.2, 0.25) is 0 Å². The number of hydrogen-bond acceptors (Lipinski definition) is 3. The van der Waals surface area contributed by atoms with Gasteiger partial charge in [0.05, 0.1) is 28.0 Å². The fourth-order valence-electron chi connectivity index (χ4n) is 8.36. The summed E-state index contributed by atoms with van der Waals surface area (Å²) in [5.41, 5.74) is 15.7. The number of para-hydroxylation sites is 3. The van der Waals surface area contributed by atoms with E-state index in [0.717, 1.165) is 55.7 Å². The number of phenolic OH excluding ortho intramolecular Hbond substituents is 1. The third kappa shape index (κ3) is 6.57. The van der Waals surface area contributed by atoms with Crippen molar-refractivity contribution < 1.29 is 5.11 Å². The van der Waals surface area contributed by atoms with Crippen LogP contribution in [0, 0.1) is 0 Å². The molecule has 0 amide bonds. The standard InChI is InChI=1S/C52H51N3O/c1-31(2)40-18-12-19-41(32(3)4)49(40)38-26-25-35-29-46(53-30-39(35)28-38)37-16-11-15-36(27-37)44-22-14-23-47-50(44)54-52(45-17-9-10-24-48(45)56)55(47)51-42(33(5)6)20-13-21-43(51)34(7)8/h9-34,56H,1-8H3. The second kappa shape index (κ2) is 14.9. The molecule has 56 heavy (non-hydrogen) atoms. The molecule has 0 atom stereocenters. The molecule has 4 heteroatoms. The molecule has 8 rings (SSSR count). The number of imidazole rings is 1. The Balaban J connectivity index is 1.26. The fraction of sp³-hybridized carbons (Fsp3) is 0.231. The molecule has 0 spiro atoms. The summed E-state index contributed by atoms with van der Waals surface area (Å²) in [5, 5.41) is 13.5. The Hall–Kier alpha value is -6.00. The van der Waals surface area contributed by atoms with Crippen LogP contribution in [0.25, 0.3) is 72.4 Å². The zero-order valence-corrected chi connectivity index (χ0v) is 33.8. The first-order chi connectivity index (χ1) is 27.0. The number of phenols is 1. The van der Waals surface area contributed by atoms with Crippen molar-refractivity contribution >= 4 is 21.8 Å². The van der Waals surface area contributed by atoms with E-state index in [1.165, 1.54) is 33.4 Å². The summed E-state index contributed by atoms with van der Waals surface area (Å²) in [6, 6.07) is 45.0. The first-order valence-corrected chi connectivity index (χ1v) is 20.1. The first-order valence-electron chi connectivity index (χ1n) is 20.1. The highest BCUT2D eigenvalue weighted by Gasteiger charge is 2.25. The molecule has 0 aliphatic heterocycles. The Bertz CT molecular complexity index is 2680. The summed E-state index contributed by atoms with van der Waals surface area (Å²) in [6.45, 7) is 18.1. The van der Waals surface area contributed by atoms with Crippen molar-refractivity contribution in [3.05, 3.63) is 156 Å². The quantitative estimate of drug-likeness (QED) is 0.161. The van der Waals surface area contributed by atoms with Gasteiger partial charge in [0.15, 0.2) is 0 Å². The average molecular weight is 734 g/mol. The lowest BCUT2D eigenvalue weighted by Gasteiger charge is -2.22. The summed E-state index contributed by atoms with van der Waals surface area (Å²) in [6.07, 6.45) is 2.02. The normalized spacial score (nSPS) is 11.9. The van der Waals surface area contributed by atoms with E-state index >= 15 is 0 Å². The molecule has 1 N–H and O–H groups in total. The molecule has 0 bridgehead atoms. The van der Waals surface area contributed by atoms with Crippen LogP contribution in [-0.2, 0) is 0 Å². The van der Waals surface area contributed by atoms with Crippen molar-refractivity contribution in [2.75, 3.05) is 0 Å². The SMILES string of the molecule is CC(C)c1cccc(C(C)C)c1-c1ccc2cc(-c3cccc(-c4cccc5c4nc(-c4ccccc4O)n5-c4c(C(C)C)cccc4C(C)C)c3)ncc2c1. The minimum atomic E-state index is 0.208. The molecule has 280 valence electrons. The van der Waals surface area contributed by atoms with Crippen LogP contribution in [0.15, 0.2) is 134 Å². The minimum Gasteiger partial charge on any atom is -0.507 e. The maximum atomic E-state index is 11.2. The Labute approximate surface area is 331 Å². The Morgan fingerprint density at radius 1 is 0.500 bits per heavy atom. The maximum Gasteiger partial charge on any atom is 0.149 e. The van der Waals surface area contributed by atoms with Crippen LogP contribution < -0.4 is 0 Å². The van der Waals surface area contributed by atoms with Gasteiger partial charge in [0.25, 0.3) is 0 Å². The number of benzene rings is 6. The Morgan fingerprint density at radius 2 is 1.09 bits per heavy atom. The maximum absolute atomic E-state index is 11.2. The summed E-state index contributed by atoms with van der Waals surface area (Å²) in [7, 11) is 0. The minimum absolute atomic E-state index is 0.208. The van der Waals surface area contributed by atoms with Crippen LogP contribution in [0.1, 0.15) is 101 Å². The van der Waals surface area contributed by atoms with E-state index in [4.69, 9.17) is 9.97 Å². The monoisotopic (exact) mass is 733 g/mol. The van der Waals surface area contributed by atoms with Gasteiger partial charge in [-0.25, -0.2) is 4.98 Å². The van der Waals surface area contributed by atoms with Crippen LogP contribution in [0.2, 0.25) is 0 Å². The molecule has 0 unspecified atom stereocenters. The van der Waals surface area contributed by atoms with Crippen molar-refractivity contribution in [2.24, 2.45) is 0 Å². The van der Waals surface area contributed by atoms with Crippen molar-refractivity contribution in [3.63, 3.8) is 0 Å². The molecule has 2 heterocycles. The van der Waals surface area contributed by atoms with E-state index in [1.807, 2.05) is 24.4 Å². The van der Waals surface area contributed by atoms with E-state index < -0.39 is 0 Å². The number of hydrogen-bond donors (Lipinski definition) is 1. The molecule has 0 saturated carbocycles. The number of fused-ring (bicyclic) bond motifs is 2. The van der Waals surface area contributed by atoms with Crippen LogP contribution in [0.3, 0.4) is 0 Å². The highest BCUT2D eigenvalue weighted by Crippen LogP contribution is 2.42. The molecule has 0 fully saturated rings. The lowest BCUT2D eigenvalue weighted by Crippen LogP contribution is -2.08. The lowest BCUT2D eigenvalue weighted by molar-refractivity contribution is 0.477. The predicted molar refractivity (Wildman–Crippen MR) is 236 cm³/mol. The first kappa shape index (κ1) is 36.9. The number of nitrogens with zero attached hydrogens (tertiary/aromatic N) is 3. The molecule has 0 aliphatic rings. The number of rotatable bonds is 9. The molecule has 0 saturated heterocycles. The molecule has 8 aromatic rings. The Morgan fingerprint density at radius 3 is 1.75 bits per heavy atom. The average Bonchev–Trinajstić information content (AvgIpc) is 3.59. The zero-order valence-electron chi connectivity index (χ0n) is 33.8. The van der Waals surface area contributed by atoms with Gasteiger partial charge in [-0.2, -0.15) is 0 Å². The van der Waals surface area contributed by atoms with E-state index in [9.17, 15) is 5.11 Å². The van der Waals surface area contributed by atoms with E-state index in [-0.39, 0.29) is 17.6 Å². The molecular formula is C52H51N3O. The smallest absolute Gasteiger partial charge is 0.149 e. The van der Waals surface area contributed by atoms with Crippen LogP contribution in [0.5, 0.6) is 5.75 Å². The molecule has 0 aliphatic carbocycles. The topological polar surface area (TPSA) is 50.9 Å². The highest BCUT2D eigenvalue weighted by molar-refractivity contribution is 5.97. The number of aromatic hydroxyl groups is 1. The van der Waals surface area contributed by atoms with Gasteiger partial charge < -0.3 is 5.11 Å². The summed E-state index contributed by atoms with van der Waals surface area (Å²) in [5.74, 6) is 2.36. The van der Waals surface area contributed by atoms with Gasteiger partial charge in [-0.15, -0.1) is 0 Å². The fourth-order valence-corrected chi connectivity index (χ4v) is 8.36. The van der Waals surface area contributed by atoms with Crippen molar-refractivity contribution in [1.29, 1.82) is 0 Å². The second-order valence-corrected chi connectivity index (χ2v) is 16.4. The van der Waals surface area contributed by atoms with Crippen molar-refractivity contribution in [1.82, 2.24) is 14.5 Å². The number of aromatic nitrogens is 3. The summed E-state index contributed by atoms with van der Waals surface area (Å²) >= 11 is 0. The van der Waals surface area contributed by atoms with E-state index in [0.29, 0.717) is 17.4 Å². The lowest BCUT2D eigenvalue weighted by atomic mass is 9.84. The van der Waals surface area contributed by atoms with Gasteiger partial charge >= 0.3 is 0 Å². The zero-order chi connectivity index (χ0) is 39.2. The van der Waals surface area contributed by atoms with E-state index in [2.05, 4.69) is 163 Å². The van der Waals surface area contributed by atoms with Gasteiger partial charge in [-0.05, 0) is 104 Å². The van der Waals surface area contributed by atoms with Crippen molar-refractivity contribution in [3.8, 4) is 56.3 Å². The molecule has 6 aromatic carbocycles. The molecular weight excluding hydrogens is 683 g/mol.